The van der Waals surface area contributed by atoms with Gasteiger partial charge in [0.2, 0.25) is 0 Å². The fraction of sp³-hybridized carbons (Fsp3) is 0.471. The molecule has 0 aliphatic rings. The quantitative estimate of drug-likeness (QED) is 0.855. The molecule has 0 aliphatic carbocycles. The number of halogens is 1. The third kappa shape index (κ3) is 4.53. The summed E-state index contributed by atoms with van der Waals surface area (Å²) >= 11 is 8.08. The van der Waals surface area contributed by atoms with Crippen molar-refractivity contribution < 1.29 is 0 Å². The van der Waals surface area contributed by atoms with Crippen LogP contribution < -0.4 is 5.32 Å². The van der Waals surface area contributed by atoms with Crippen molar-refractivity contribution in [1.29, 1.82) is 0 Å². The van der Waals surface area contributed by atoms with Gasteiger partial charge < -0.3 is 5.32 Å². The highest BCUT2D eigenvalue weighted by molar-refractivity contribution is 7.09. The minimum absolute atomic E-state index is 0.113. The Morgan fingerprint density at radius 2 is 2.05 bits per heavy atom. The molecule has 0 bridgehead atoms. The van der Waals surface area contributed by atoms with Crippen LogP contribution in [0, 0.1) is 0 Å². The van der Waals surface area contributed by atoms with Crippen molar-refractivity contribution >= 4 is 22.9 Å². The first-order chi connectivity index (χ1) is 9.90. The molecule has 2 nitrogen and oxygen atoms in total. The van der Waals surface area contributed by atoms with Crippen molar-refractivity contribution in [2.45, 2.75) is 46.1 Å². The highest BCUT2D eigenvalue weighted by atomic mass is 35.5. The first-order valence-corrected chi connectivity index (χ1v) is 8.59. The van der Waals surface area contributed by atoms with E-state index in [0.29, 0.717) is 0 Å². The molecule has 0 saturated heterocycles. The molecule has 0 fully saturated rings. The standard InChI is InChI=1S/C17H23ClN2S/c1-5-19-10-13-7-6-12(8-14(13)18)9-16-20-15(11-21-16)17(2,3)4/h6-8,11,19H,5,9-10H2,1-4H3. The summed E-state index contributed by atoms with van der Waals surface area (Å²) in [6.07, 6.45) is 0.849. The Kier molecular flexibility index (Phi) is 5.42. The van der Waals surface area contributed by atoms with Crippen LogP contribution in [0.2, 0.25) is 5.02 Å². The zero-order valence-electron chi connectivity index (χ0n) is 13.2. The van der Waals surface area contributed by atoms with Gasteiger partial charge in [0.15, 0.2) is 0 Å². The van der Waals surface area contributed by atoms with Crippen LogP contribution in [0.3, 0.4) is 0 Å². The Morgan fingerprint density at radius 1 is 1.29 bits per heavy atom. The first-order valence-electron chi connectivity index (χ1n) is 7.33. The SMILES string of the molecule is CCNCc1ccc(Cc2nc(C(C)(C)C)cs2)cc1Cl. The normalized spacial score (nSPS) is 11.9. The number of hydrogen-bond acceptors (Lipinski definition) is 3. The molecule has 0 radical (unpaired) electrons. The highest BCUT2D eigenvalue weighted by Crippen LogP contribution is 2.26. The number of thiazole rings is 1. The summed E-state index contributed by atoms with van der Waals surface area (Å²) in [6, 6.07) is 6.32. The summed E-state index contributed by atoms with van der Waals surface area (Å²) in [7, 11) is 0. The van der Waals surface area contributed by atoms with Gasteiger partial charge in [-0.3, -0.25) is 0 Å². The fourth-order valence-electron chi connectivity index (χ4n) is 2.01. The first kappa shape index (κ1) is 16.5. The average molecular weight is 323 g/mol. The van der Waals surface area contributed by atoms with Crippen molar-refractivity contribution in [2.24, 2.45) is 0 Å². The molecular formula is C17H23ClN2S. The lowest BCUT2D eigenvalue weighted by atomic mass is 9.93. The fourth-order valence-corrected chi connectivity index (χ4v) is 3.34. The smallest absolute Gasteiger partial charge is 0.0972 e. The Balaban J connectivity index is 2.09. The van der Waals surface area contributed by atoms with E-state index in [1.807, 2.05) is 0 Å². The van der Waals surface area contributed by atoms with Gasteiger partial charge in [0.05, 0.1) is 10.7 Å². The molecule has 1 N–H and O–H groups in total. The van der Waals surface area contributed by atoms with Crippen LogP contribution in [-0.4, -0.2) is 11.5 Å². The topological polar surface area (TPSA) is 24.9 Å². The van der Waals surface area contributed by atoms with E-state index in [-0.39, 0.29) is 5.41 Å². The third-order valence-corrected chi connectivity index (χ3v) is 4.56. The van der Waals surface area contributed by atoms with Gasteiger partial charge in [-0.05, 0) is 23.7 Å². The third-order valence-electron chi connectivity index (χ3n) is 3.36. The molecule has 0 unspecified atom stereocenters. The Bertz CT molecular complexity index is 599. The molecule has 2 rings (SSSR count). The zero-order valence-corrected chi connectivity index (χ0v) is 14.7. The summed E-state index contributed by atoms with van der Waals surface area (Å²) in [4.78, 5) is 4.74. The summed E-state index contributed by atoms with van der Waals surface area (Å²) in [5.41, 5.74) is 3.64. The number of rotatable bonds is 5. The number of hydrogen-bond donors (Lipinski definition) is 1. The van der Waals surface area contributed by atoms with Crippen LogP contribution in [0.25, 0.3) is 0 Å². The van der Waals surface area contributed by atoms with E-state index < -0.39 is 0 Å². The monoisotopic (exact) mass is 322 g/mol. The van der Waals surface area contributed by atoms with Crippen LogP contribution in [0.5, 0.6) is 0 Å². The molecule has 0 atom stereocenters. The summed E-state index contributed by atoms with van der Waals surface area (Å²) in [5.74, 6) is 0. The van der Waals surface area contributed by atoms with Gasteiger partial charge in [0.1, 0.15) is 0 Å². The Hall–Kier alpha value is -0.900. The van der Waals surface area contributed by atoms with E-state index in [0.717, 1.165) is 40.8 Å². The zero-order chi connectivity index (χ0) is 15.5. The van der Waals surface area contributed by atoms with Gasteiger partial charge in [0, 0.05) is 28.8 Å². The number of aromatic nitrogens is 1. The van der Waals surface area contributed by atoms with E-state index >= 15 is 0 Å². The van der Waals surface area contributed by atoms with Gasteiger partial charge in [-0.15, -0.1) is 11.3 Å². The maximum absolute atomic E-state index is 6.35. The number of nitrogens with zero attached hydrogens (tertiary/aromatic N) is 1. The molecule has 0 saturated carbocycles. The van der Waals surface area contributed by atoms with Crippen molar-refractivity contribution in [3.63, 3.8) is 0 Å². The minimum atomic E-state index is 0.113. The lowest BCUT2D eigenvalue weighted by molar-refractivity contribution is 0.571. The maximum atomic E-state index is 6.35. The maximum Gasteiger partial charge on any atom is 0.0972 e. The lowest BCUT2D eigenvalue weighted by Crippen LogP contribution is -2.12. The Labute approximate surface area is 136 Å². The van der Waals surface area contributed by atoms with Crippen molar-refractivity contribution in [3.8, 4) is 0 Å². The summed E-state index contributed by atoms with van der Waals surface area (Å²) in [6.45, 7) is 10.4. The molecule has 0 amide bonds. The van der Waals surface area contributed by atoms with Gasteiger partial charge in [-0.1, -0.05) is 51.4 Å². The predicted octanol–water partition coefficient (Wildman–Crippen LogP) is 4.79. The molecule has 2 aromatic rings. The molecule has 1 heterocycles. The average Bonchev–Trinajstić information content (AvgIpc) is 2.86. The second-order valence-electron chi connectivity index (χ2n) is 6.26. The van der Waals surface area contributed by atoms with Crippen LogP contribution in [0.1, 0.15) is 49.5 Å². The van der Waals surface area contributed by atoms with E-state index in [9.17, 15) is 0 Å². The van der Waals surface area contributed by atoms with Crippen LogP contribution in [-0.2, 0) is 18.4 Å². The molecule has 4 heteroatoms. The molecular weight excluding hydrogens is 300 g/mol. The second kappa shape index (κ2) is 6.91. The largest absolute Gasteiger partial charge is 0.313 e. The van der Waals surface area contributed by atoms with E-state index in [1.165, 1.54) is 5.56 Å². The van der Waals surface area contributed by atoms with Crippen molar-refractivity contribution in [2.75, 3.05) is 6.54 Å². The van der Waals surface area contributed by atoms with Crippen molar-refractivity contribution in [1.82, 2.24) is 10.3 Å². The molecule has 0 aliphatic heterocycles. The van der Waals surface area contributed by atoms with Gasteiger partial charge in [0.25, 0.3) is 0 Å². The minimum Gasteiger partial charge on any atom is -0.313 e. The highest BCUT2D eigenvalue weighted by Gasteiger charge is 2.17. The molecule has 114 valence electrons. The van der Waals surface area contributed by atoms with Gasteiger partial charge in [-0.2, -0.15) is 0 Å². The van der Waals surface area contributed by atoms with E-state index in [2.05, 4.69) is 56.6 Å². The van der Waals surface area contributed by atoms with Crippen LogP contribution in [0.4, 0.5) is 0 Å². The summed E-state index contributed by atoms with van der Waals surface area (Å²) in [5, 5.41) is 7.45. The van der Waals surface area contributed by atoms with E-state index in [4.69, 9.17) is 16.6 Å². The molecule has 1 aromatic carbocycles. The molecule has 21 heavy (non-hydrogen) atoms. The Morgan fingerprint density at radius 3 is 2.62 bits per heavy atom. The molecule has 1 aromatic heterocycles. The van der Waals surface area contributed by atoms with Gasteiger partial charge in [-0.25, -0.2) is 4.98 Å². The van der Waals surface area contributed by atoms with Crippen molar-refractivity contribution in [3.05, 3.63) is 50.4 Å². The van der Waals surface area contributed by atoms with Gasteiger partial charge >= 0.3 is 0 Å². The number of nitrogens with one attached hydrogen (secondary N) is 1. The molecule has 0 spiro atoms. The lowest BCUT2D eigenvalue weighted by Gasteiger charge is -2.14. The van der Waals surface area contributed by atoms with E-state index in [1.54, 1.807) is 11.3 Å². The summed E-state index contributed by atoms with van der Waals surface area (Å²) < 4.78 is 0. The predicted molar refractivity (Wildman–Crippen MR) is 92.5 cm³/mol. The van der Waals surface area contributed by atoms with Crippen LogP contribution >= 0.6 is 22.9 Å². The van der Waals surface area contributed by atoms with Crippen LogP contribution in [0.15, 0.2) is 23.6 Å². The number of benzene rings is 1. The second-order valence-corrected chi connectivity index (χ2v) is 7.61.